The van der Waals surface area contributed by atoms with Crippen LogP contribution in [0.2, 0.25) is 0 Å². The molecule has 0 unspecified atom stereocenters. The fourth-order valence-electron chi connectivity index (χ4n) is 1.79. The molecule has 1 nitrogen and oxygen atoms in total. The Kier molecular flexibility index (Phi) is 14.4. The third kappa shape index (κ3) is 13.7. The maximum absolute atomic E-state index is 5.33. The van der Waals surface area contributed by atoms with Crippen LogP contribution in [0.25, 0.3) is 0 Å². The summed E-state index contributed by atoms with van der Waals surface area (Å²) >= 11 is 0. The number of unbranched alkanes of at least 4 members (excludes halogenated alkanes) is 9. The molecular formula is C15H29O. The molecule has 0 bridgehead atoms. The Morgan fingerprint density at radius 1 is 0.750 bits per heavy atom. The van der Waals surface area contributed by atoms with E-state index < -0.39 is 0 Å². The molecule has 0 saturated heterocycles. The van der Waals surface area contributed by atoms with Crippen molar-refractivity contribution in [3.8, 4) is 0 Å². The predicted octanol–water partition coefficient (Wildman–Crippen LogP) is 4.92. The van der Waals surface area contributed by atoms with Crippen LogP contribution >= 0.6 is 0 Å². The van der Waals surface area contributed by atoms with Gasteiger partial charge in [-0.25, -0.2) is 0 Å². The maximum Gasteiger partial charge on any atom is 0.0644 e. The zero-order valence-electron chi connectivity index (χ0n) is 10.9. The molecule has 95 valence electrons. The van der Waals surface area contributed by atoms with Gasteiger partial charge in [-0.15, -0.1) is 6.58 Å². The van der Waals surface area contributed by atoms with E-state index in [-0.39, 0.29) is 0 Å². The van der Waals surface area contributed by atoms with E-state index in [1.807, 2.05) is 6.08 Å². The first-order valence-corrected chi connectivity index (χ1v) is 6.89. The van der Waals surface area contributed by atoms with Crippen molar-refractivity contribution in [2.24, 2.45) is 0 Å². The van der Waals surface area contributed by atoms with Gasteiger partial charge in [0.05, 0.1) is 6.61 Å². The molecule has 0 aromatic heterocycles. The van der Waals surface area contributed by atoms with Crippen molar-refractivity contribution in [3.05, 3.63) is 19.6 Å². The van der Waals surface area contributed by atoms with E-state index in [0.717, 1.165) is 13.0 Å². The van der Waals surface area contributed by atoms with Crippen LogP contribution in [-0.2, 0) is 4.74 Å². The first-order chi connectivity index (χ1) is 7.91. The van der Waals surface area contributed by atoms with E-state index in [1.54, 1.807) is 0 Å². The van der Waals surface area contributed by atoms with Crippen LogP contribution < -0.4 is 0 Å². The van der Waals surface area contributed by atoms with E-state index in [9.17, 15) is 0 Å². The Morgan fingerprint density at radius 3 is 1.75 bits per heavy atom. The van der Waals surface area contributed by atoms with Gasteiger partial charge < -0.3 is 4.74 Å². The molecule has 0 aliphatic rings. The standard InChI is InChI=1S/C15H29O/c1-3-5-6-7-8-9-10-11-12-13-15-16-14-4-2/h4H,1-3,5-15H2. The molecule has 1 radical (unpaired) electrons. The molecule has 0 atom stereocenters. The van der Waals surface area contributed by atoms with Crippen molar-refractivity contribution in [2.75, 3.05) is 13.2 Å². The number of hydrogen-bond donors (Lipinski definition) is 0. The Morgan fingerprint density at radius 2 is 1.25 bits per heavy atom. The van der Waals surface area contributed by atoms with Crippen molar-refractivity contribution in [3.63, 3.8) is 0 Å². The minimum absolute atomic E-state index is 0.701. The van der Waals surface area contributed by atoms with Crippen molar-refractivity contribution < 1.29 is 4.74 Å². The summed E-state index contributed by atoms with van der Waals surface area (Å²) in [4.78, 5) is 0. The average molecular weight is 225 g/mol. The van der Waals surface area contributed by atoms with Crippen molar-refractivity contribution >= 4 is 0 Å². The lowest BCUT2D eigenvalue weighted by Gasteiger charge is -2.02. The maximum atomic E-state index is 5.33. The van der Waals surface area contributed by atoms with Gasteiger partial charge in [0.1, 0.15) is 0 Å². The molecular weight excluding hydrogens is 196 g/mol. The minimum Gasteiger partial charge on any atom is -0.377 e. The summed E-state index contributed by atoms with van der Waals surface area (Å²) in [5.41, 5.74) is 0. The van der Waals surface area contributed by atoms with Gasteiger partial charge in [-0.3, -0.25) is 0 Å². The highest BCUT2D eigenvalue weighted by molar-refractivity contribution is 4.63. The van der Waals surface area contributed by atoms with Gasteiger partial charge in [-0.1, -0.05) is 70.8 Å². The summed E-state index contributed by atoms with van der Waals surface area (Å²) in [6, 6.07) is 0. The second kappa shape index (κ2) is 14.7. The lowest BCUT2D eigenvalue weighted by Crippen LogP contribution is -1.93. The Balaban J connectivity index is 2.85. The van der Waals surface area contributed by atoms with Crippen molar-refractivity contribution in [1.82, 2.24) is 0 Å². The van der Waals surface area contributed by atoms with E-state index >= 15 is 0 Å². The van der Waals surface area contributed by atoms with Gasteiger partial charge >= 0.3 is 0 Å². The number of rotatable bonds is 13. The topological polar surface area (TPSA) is 9.23 Å². The van der Waals surface area contributed by atoms with E-state index in [1.165, 1.54) is 57.8 Å². The number of hydrogen-bond acceptors (Lipinski definition) is 1. The lowest BCUT2D eigenvalue weighted by molar-refractivity contribution is 0.157. The SMILES string of the molecule is [CH2]CCCCCCCCCCCOCC=C. The van der Waals surface area contributed by atoms with Crippen LogP contribution in [0.3, 0.4) is 0 Å². The first kappa shape index (κ1) is 15.7. The second-order valence-corrected chi connectivity index (χ2v) is 4.40. The van der Waals surface area contributed by atoms with Crippen LogP contribution in [-0.4, -0.2) is 13.2 Å². The molecule has 0 amide bonds. The lowest BCUT2D eigenvalue weighted by atomic mass is 10.1. The smallest absolute Gasteiger partial charge is 0.0644 e. The van der Waals surface area contributed by atoms with Crippen molar-refractivity contribution in [2.45, 2.75) is 64.2 Å². The fourth-order valence-corrected chi connectivity index (χ4v) is 1.79. The normalized spacial score (nSPS) is 10.6. The number of ether oxygens (including phenoxy) is 1. The van der Waals surface area contributed by atoms with E-state index in [0.29, 0.717) is 6.61 Å². The molecule has 1 heteroatoms. The van der Waals surface area contributed by atoms with Gasteiger partial charge in [0.25, 0.3) is 0 Å². The zero-order chi connectivity index (χ0) is 11.9. The van der Waals surface area contributed by atoms with Gasteiger partial charge in [0, 0.05) is 6.61 Å². The van der Waals surface area contributed by atoms with Crippen LogP contribution in [0.5, 0.6) is 0 Å². The molecule has 0 aromatic carbocycles. The molecule has 0 spiro atoms. The molecule has 0 saturated carbocycles. The summed E-state index contributed by atoms with van der Waals surface area (Å²) in [5.74, 6) is 0. The summed E-state index contributed by atoms with van der Waals surface area (Å²) in [6.45, 7) is 9.08. The predicted molar refractivity (Wildman–Crippen MR) is 72.5 cm³/mol. The molecule has 0 rings (SSSR count). The van der Waals surface area contributed by atoms with Gasteiger partial charge in [0.2, 0.25) is 0 Å². The van der Waals surface area contributed by atoms with Crippen LogP contribution in [0.15, 0.2) is 12.7 Å². The largest absolute Gasteiger partial charge is 0.377 e. The average Bonchev–Trinajstić information content (AvgIpc) is 2.31. The molecule has 0 N–H and O–H groups in total. The van der Waals surface area contributed by atoms with Gasteiger partial charge in [-0.05, 0) is 6.42 Å². The van der Waals surface area contributed by atoms with Gasteiger partial charge in [-0.2, -0.15) is 0 Å². The quantitative estimate of drug-likeness (QED) is 0.319. The molecule has 16 heavy (non-hydrogen) atoms. The van der Waals surface area contributed by atoms with E-state index in [4.69, 9.17) is 4.74 Å². The summed E-state index contributed by atoms with van der Waals surface area (Å²) in [5, 5.41) is 0. The molecule has 0 aliphatic heterocycles. The highest BCUT2D eigenvalue weighted by atomic mass is 16.5. The summed E-state index contributed by atoms with van der Waals surface area (Å²) in [6.07, 6.45) is 15.1. The fraction of sp³-hybridized carbons (Fsp3) is 0.800. The highest BCUT2D eigenvalue weighted by Gasteiger charge is 1.92. The van der Waals surface area contributed by atoms with Crippen LogP contribution in [0, 0.1) is 6.92 Å². The molecule has 0 aliphatic carbocycles. The van der Waals surface area contributed by atoms with Gasteiger partial charge in [0.15, 0.2) is 0 Å². The molecule has 0 heterocycles. The monoisotopic (exact) mass is 225 g/mol. The Bertz CT molecular complexity index is 131. The third-order valence-corrected chi connectivity index (χ3v) is 2.77. The summed E-state index contributed by atoms with van der Waals surface area (Å²) < 4.78 is 5.33. The highest BCUT2D eigenvalue weighted by Crippen LogP contribution is 2.10. The van der Waals surface area contributed by atoms with Crippen LogP contribution in [0.1, 0.15) is 64.2 Å². The minimum atomic E-state index is 0.701. The summed E-state index contributed by atoms with van der Waals surface area (Å²) in [7, 11) is 0. The first-order valence-electron chi connectivity index (χ1n) is 6.89. The Hall–Kier alpha value is -0.300. The van der Waals surface area contributed by atoms with E-state index in [2.05, 4.69) is 13.5 Å². The van der Waals surface area contributed by atoms with Crippen molar-refractivity contribution in [1.29, 1.82) is 0 Å². The molecule has 0 aromatic rings. The van der Waals surface area contributed by atoms with Crippen LogP contribution in [0.4, 0.5) is 0 Å². The third-order valence-electron chi connectivity index (χ3n) is 2.77. The zero-order valence-corrected chi connectivity index (χ0v) is 10.9. The Labute approximate surface area is 102 Å². The molecule has 0 fully saturated rings. The second-order valence-electron chi connectivity index (χ2n) is 4.40.